The lowest BCUT2D eigenvalue weighted by molar-refractivity contribution is -0.139. The van der Waals surface area contributed by atoms with Gasteiger partial charge in [-0.2, -0.15) is 0 Å². The van der Waals surface area contributed by atoms with Gasteiger partial charge in [-0.3, -0.25) is 9.59 Å². The lowest BCUT2D eigenvalue weighted by Gasteiger charge is -2.28. The van der Waals surface area contributed by atoms with E-state index in [2.05, 4.69) is 5.32 Å². The lowest BCUT2D eigenvalue weighted by Crippen LogP contribution is -2.48. The first-order valence-electron chi connectivity index (χ1n) is 7.99. The van der Waals surface area contributed by atoms with Crippen LogP contribution < -0.4 is 10.2 Å². The molecule has 4 nitrogen and oxygen atoms in total. The fraction of sp³-hybridized carbons (Fsp3) is 0.300. The van der Waals surface area contributed by atoms with Gasteiger partial charge in [0.2, 0.25) is 11.8 Å². The third-order valence-electron chi connectivity index (χ3n) is 4.09. The minimum Gasteiger partial charge on any atom is -0.351 e. The first-order chi connectivity index (χ1) is 11.3. The van der Waals surface area contributed by atoms with E-state index >= 15 is 0 Å². The van der Waals surface area contributed by atoms with E-state index in [1.54, 1.807) is 20.9 Å². The van der Waals surface area contributed by atoms with Gasteiger partial charge in [-0.1, -0.05) is 48.0 Å². The Morgan fingerprint density at radius 1 is 1.04 bits per heavy atom. The van der Waals surface area contributed by atoms with E-state index < -0.39 is 5.41 Å². The second-order valence-electron chi connectivity index (χ2n) is 6.50. The highest BCUT2D eigenvalue weighted by atomic mass is 16.2. The molecule has 0 aromatic heterocycles. The average Bonchev–Trinajstić information content (AvgIpc) is 2.59. The van der Waals surface area contributed by atoms with Crippen LogP contribution in [0.2, 0.25) is 0 Å². The number of anilines is 1. The highest BCUT2D eigenvalue weighted by Gasteiger charge is 2.38. The fourth-order valence-electron chi connectivity index (χ4n) is 2.51. The van der Waals surface area contributed by atoms with Gasteiger partial charge >= 0.3 is 0 Å². The lowest BCUT2D eigenvalue weighted by atomic mass is 9.90. The summed E-state index contributed by atoms with van der Waals surface area (Å²) >= 11 is 0. The zero-order valence-electron chi connectivity index (χ0n) is 14.7. The maximum absolute atomic E-state index is 12.7. The highest BCUT2D eigenvalue weighted by molar-refractivity contribution is 6.10. The maximum Gasteiger partial charge on any atom is 0.241 e. The summed E-state index contributed by atoms with van der Waals surface area (Å²) in [5.74, 6) is -0.521. The zero-order chi connectivity index (χ0) is 17.7. The van der Waals surface area contributed by atoms with Crippen molar-refractivity contribution in [2.45, 2.75) is 27.3 Å². The third-order valence-corrected chi connectivity index (χ3v) is 4.09. The van der Waals surface area contributed by atoms with Crippen molar-refractivity contribution in [2.75, 3.05) is 11.9 Å². The van der Waals surface area contributed by atoms with Gasteiger partial charge in [0.1, 0.15) is 5.41 Å². The molecule has 24 heavy (non-hydrogen) atoms. The molecule has 0 heterocycles. The summed E-state index contributed by atoms with van der Waals surface area (Å²) in [6, 6.07) is 17.2. The first kappa shape index (κ1) is 17.7. The Kier molecular flexibility index (Phi) is 5.39. The summed E-state index contributed by atoms with van der Waals surface area (Å²) in [5, 5.41) is 2.87. The normalized spacial score (nSPS) is 11.0. The van der Waals surface area contributed by atoms with Crippen molar-refractivity contribution >= 4 is 17.5 Å². The topological polar surface area (TPSA) is 49.4 Å². The molecule has 0 fully saturated rings. The number of carbonyl (C=O) groups excluding carboxylic acids is 2. The third kappa shape index (κ3) is 4.02. The van der Waals surface area contributed by atoms with Crippen molar-refractivity contribution < 1.29 is 9.59 Å². The van der Waals surface area contributed by atoms with E-state index in [1.165, 1.54) is 4.90 Å². The number of para-hydroxylation sites is 1. The predicted molar refractivity (Wildman–Crippen MR) is 96.7 cm³/mol. The molecule has 1 N–H and O–H groups in total. The summed E-state index contributed by atoms with van der Waals surface area (Å²) < 4.78 is 0. The average molecular weight is 324 g/mol. The van der Waals surface area contributed by atoms with Crippen LogP contribution in [-0.4, -0.2) is 18.9 Å². The van der Waals surface area contributed by atoms with Gasteiger partial charge in [0.25, 0.3) is 0 Å². The standard InChI is InChI=1S/C20H24N2O2/c1-15-9-8-10-16(13-15)14-21-18(23)20(2,3)19(24)22(4)17-11-6-5-7-12-17/h5-13H,14H2,1-4H3,(H,21,23). The van der Waals surface area contributed by atoms with E-state index in [0.717, 1.165) is 16.8 Å². The Morgan fingerprint density at radius 3 is 2.33 bits per heavy atom. The summed E-state index contributed by atoms with van der Waals surface area (Å²) in [6.45, 7) is 5.72. The summed E-state index contributed by atoms with van der Waals surface area (Å²) in [4.78, 5) is 26.8. The van der Waals surface area contributed by atoms with Gasteiger partial charge in [0.05, 0.1) is 0 Å². The molecular weight excluding hydrogens is 300 g/mol. The van der Waals surface area contributed by atoms with Crippen LogP contribution in [0, 0.1) is 12.3 Å². The smallest absolute Gasteiger partial charge is 0.241 e. The van der Waals surface area contributed by atoms with Crippen molar-refractivity contribution in [3.05, 3.63) is 65.7 Å². The molecule has 0 unspecified atom stereocenters. The van der Waals surface area contributed by atoms with Crippen molar-refractivity contribution in [1.29, 1.82) is 0 Å². The highest BCUT2D eigenvalue weighted by Crippen LogP contribution is 2.23. The Bertz CT molecular complexity index is 723. The van der Waals surface area contributed by atoms with Gasteiger partial charge in [-0.05, 0) is 38.5 Å². The van der Waals surface area contributed by atoms with Gasteiger partial charge in [-0.25, -0.2) is 0 Å². The molecule has 0 spiro atoms. The number of aryl methyl sites for hydroxylation is 1. The molecule has 0 atom stereocenters. The van der Waals surface area contributed by atoms with E-state index in [9.17, 15) is 9.59 Å². The van der Waals surface area contributed by atoms with E-state index in [0.29, 0.717) is 6.54 Å². The Labute approximate surface area is 143 Å². The van der Waals surface area contributed by atoms with Crippen molar-refractivity contribution in [2.24, 2.45) is 5.41 Å². The van der Waals surface area contributed by atoms with Crippen molar-refractivity contribution in [1.82, 2.24) is 5.32 Å². The van der Waals surface area contributed by atoms with Crippen LogP contribution in [0.25, 0.3) is 0 Å². The van der Waals surface area contributed by atoms with E-state index in [1.807, 2.05) is 61.5 Å². The molecule has 0 aliphatic carbocycles. The monoisotopic (exact) mass is 324 g/mol. The predicted octanol–water partition coefficient (Wildman–Crippen LogP) is 3.30. The molecule has 0 saturated heterocycles. The number of nitrogens with one attached hydrogen (secondary N) is 1. The van der Waals surface area contributed by atoms with Crippen LogP contribution in [0.15, 0.2) is 54.6 Å². The van der Waals surface area contributed by atoms with Crippen molar-refractivity contribution in [3.8, 4) is 0 Å². The number of benzene rings is 2. The molecule has 0 aliphatic rings. The zero-order valence-corrected chi connectivity index (χ0v) is 14.7. The summed E-state index contributed by atoms with van der Waals surface area (Å²) in [5.41, 5.74) is 1.78. The number of amides is 2. The molecule has 4 heteroatoms. The molecule has 0 bridgehead atoms. The summed E-state index contributed by atoms with van der Waals surface area (Å²) in [6.07, 6.45) is 0. The van der Waals surface area contributed by atoms with Crippen LogP contribution >= 0.6 is 0 Å². The van der Waals surface area contributed by atoms with Crippen molar-refractivity contribution in [3.63, 3.8) is 0 Å². The first-order valence-corrected chi connectivity index (χ1v) is 7.99. The fourth-order valence-corrected chi connectivity index (χ4v) is 2.51. The quantitative estimate of drug-likeness (QED) is 0.858. The van der Waals surface area contributed by atoms with Gasteiger partial charge in [0.15, 0.2) is 0 Å². The van der Waals surface area contributed by atoms with Gasteiger partial charge in [0, 0.05) is 19.3 Å². The number of hydrogen-bond donors (Lipinski definition) is 1. The molecule has 0 aliphatic heterocycles. The number of hydrogen-bond acceptors (Lipinski definition) is 2. The van der Waals surface area contributed by atoms with Crippen LogP contribution in [0.5, 0.6) is 0 Å². The minimum atomic E-state index is -1.14. The summed E-state index contributed by atoms with van der Waals surface area (Å²) in [7, 11) is 1.69. The van der Waals surface area contributed by atoms with Gasteiger partial charge < -0.3 is 10.2 Å². The molecule has 2 rings (SSSR count). The SMILES string of the molecule is Cc1cccc(CNC(=O)C(C)(C)C(=O)N(C)c2ccccc2)c1. The molecule has 2 aromatic rings. The Balaban J connectivity index is 2.05. The van der Waals surface area contributed by atoms with Gasteiger partial charge in [-0.15, -0.1) is 0 Å². The molecule has 0 radical (unpaired) electrons. The van der Waals surface area contributed by atoms with E-state index in [-0.39, 0.29) is 11.8 Å². The van der Waals surface area contributed by atoms with Crippen LogP contribution in [-0.2, 0) is 16.1 Å². The second-order valence-corrected chi connectivity index (χ2v) is 6.50. The van der Waals surface area contributed by atoms with Crippen LogP contribution in [0.4, 0.5) is 5.69 Å². The molecule has 0 saturated carbocycles. The molecule has 126 valence electrons. The van der Waals surface area contributed by atoms with Crippen LogP contribution in [0.3, 0.4) is 0 Å². The minimum absolute atomic E-state index is 0.240. The number of nitrogens with zero attached hydrogens (tertiary/aromatic N) is 1. The number of rotatable bonds is 5. The Morgan fingerprint density at radius 2 is 1.71 bits per heavy atom. The molecule has 2 aromatic carbocycles. The van der Waals surface area contributed by atoms with Crippen LogP contribution in [0.1, 0.15) is 25.0 Å². The Hall–Kier alpha value is -2.62. The van der Waals surface area contributed by atoms with E-state index in [4.69, 9.17) is 0 Å². The maximum atomic E-state index is 12.7. The molecular formula is C20H24N2O2. The second kappa shape index (κ2) is 7.30. The number of carbonyl (C=O) groups is 2. The largest absolute Gasteiger partial charge is 0.351 e. The molecule has 2 amide bonds.